The Morgan fingerprint density at radius 2 is 2.60 bits per heavy atom. The molecule has 0 N–H and O–H groups in total. The van der Waals surface area contributed by atoms with Crippen LogP contribution >= 0.6 is 0 Å². The molecule has 0 rings (SSSR count). The maximum Gasteiger partial charge on any atom is 0.273 e. The minimum Gasteiger partial charge on any atom is -0.549 e. The predicted octanol–water partition coefficient (Wildman–Crippen LogP) is 0.0741. The Balaban J connectivity index is 2.40. The molecular weight excluding hydrogens is 80.1 g/mol. The third-order valence-electron chi connectivity index (χ3n) is 0.246. The Bertz CT molecular complexity index is 28.1. The van der Waals surface area contributed by atoms with E-state index < -0.39 is 0 Å². The summed E-state index contributed by atoms with van der Waals surface area (Å²) in [5.41, 5.74) is 0. The lowest BCUT2D eigenvalue weighted by molar-refractivity contribution is 0.373. The molecule has 29 valence electrons. The second-order valence-electron chi connectivity index (χ2n) is 0.577. The minimum absolute atomic E-state index is 0.408. The van der Waals surface area contributed by atoms with E-state index in [1.54, 1.807) is 0 Å². The predicted molar refractivity (Wildman–Crippen MR) is 24.5 cm³/mol. The maximum atomic E-state index is 4.75. The van der Waals surface area contributed by atoms with Gasteiger partial charge in [0.25, 0.3) is 9.38 Å². The van der Waals surface area contributed by atoms with Gasteiger partial charge in [-0.25, -0.2) is 0 Å². The number of hydrogen-bond acceptors (Lipinski definition) is 1. The average molecular weight is 87.2 g/mol. The summed E-state index contributed by atoms with van der Waals surface area (Å²) in [7, 11) is 0.408. The van der Waals surface area contributed by atoms with Crippen molar-refractivity contribution in [1.29, 1.82) is 0 Å². The van der Waals surface area contributed by atoms with E-state index in [-0.39, 0.29) is 0 Å². The van der Waals surface area contributed by atoms with Crippen LogP contribution in [-0.2, 0) is 4.43 Å². The quantitative estimate of drug-likeness (QED) is 0.433. The van der Waals surface area contributed by atoms with E-state index in [2.05, 4.69) is 6.17 Å². The van der Waals surface area contributed by atoms with Gasteiger partial charge in [-0.15, -0.1) is 0 Å². The van der Waals surface area contributed by atoms with Crippen molar-refractivity contribution in [2.45, 2.75) is 6.92 Å². The first kappa shape index (κ1) is 4.89. The molecule has 0 aliphatic carbocycles. The molecular formula is C3H7OSi. The van der Waals surface area contributed by atoms with Gasteiger partial charge in [0.05, 0.1) is 6.61 Å². The van der Waals surface area contributed by atoms with Crippen molar-refractivity contribution in [2.24, 2.45) is 0 Å². The highest BCUT2D eigenvalue weighted by molar-refractivity contribution is 6.33. The molecule has 1 radical (unpaired) electrons. The van der Waals surface area contributed by atoms with Crippen molar-refractivity contribution >= 4 is 15.6 Å². The van der Waals surface area contributed by atoms with Crippen LogP contribution in [0.1, 0.15) is 6.92 Å². The molecule has 1 nitrogen and oxygen atoms in total. The summed E-state index contributed by atoms with van der Waals surface area (Å²) in [5, 5.41) is 0. The number of hydrogen-bond donors (Lipinski definition) is 0. The molecule has 0 aromatic heterocycles. The fourth-order valence-electron chi connectivity index (χ4n) is 0.102. The second-order valence-corrected chi connectivity index (χ2v) is 1.15. The Morgan fingerprint density at radius 1 is 2.00 bits per heavy atom. The lowest BCUT2D eigenvalue weighted by atomic mass is 10.9. The standard InChI is InChI=1S/C3H7OSi/c1-3-4-5-2/h2-3H2,1H3. The van der Waals surface area contributed by atoms with Gasteiger partial charge in [0, 0.05) is 0 Å². The van der Waals surface area contributed by atoms with Gasteiger partial charge in [0.1, 0.15) is 0 Å². The summed E-state index contributed by atoms with van der Waals surface area (Å²) >= 11 is 0. The van der Waals surface area contributed by atoms with Gasteiger partial charge in [0.2, 0.25) is 0 Å². The van der Waals surface area contributed by atoms with Crippen LogP contribution < -0.4 is 0 Å². The monoisotopic (exact) mass is 87.0 g/mol. The summed E-state index contributed by atoms with van der Waals surface area (Å²) in [5.74, 6) is 0. The lowest BCUT2D eigenvalue weighted by Gasteiger charge is -1.84. The highest BCUT2D eigenvalue weighted by atomic mass is 28.2. The third-order valence-corrected chi connectivity index (χ3v) is 0.739. The molecule has 0 atom stereocenters. The van der Waals surface area contributed by atoms with E-state index in [0.29, 0.717) is 9.38 Å². The van der Waals surface area contributed by atoms with Crippen molar-refractivity contribution in [3.8, 4) is 0 Å². The molecule has 0 fully saturated rings. The van der Waals surface area contributed by atoms with Gasteiger partial charge in [-0.3, -0.25) is 0 Å². The van der Waals surface area contributed by atoms with Crippen molar-refractivity contribution in [3.63, 3.8) is 0 Å². The minimum atomic E-state index is 0.408. The molecule has 0 bridgehead atoms. The smallest absolute Gasteiger partial charge is 0.273 e. The van der Waals surface area contributed by atoms with Gasteiger partial charge >= 0.3 is 0 Å². The van der Waals surface area contributed by atoms with Crippen LogP contribution in [0.15, 0.2) is 0 Å². The Kier molecular flexibility index (Phi) is 3.80. The molecule has 0 aromatic carbocycles. The van der Waals surface area contributed by atoms with Crippen molar-refractivity contribution in [1.82, 2.24) is 0 Å². The summed E-state index contributed by atoms with van der Waals surface area (Å²) in [4.78, 5) is 0. The zero-order valence-electron chi connectivity index (χ0n) is 3.32. The first-order valence-electron chi connectivity index (χ1n) is 1.55. The zero-order chi connectivity index (χ0) is 4.12. The Morgan fingerprint density at radius 3 is 2.60 bits per heavy atom. The van der Waals surface area contributed by atoms with Gasteiger partial charge in [-0.2, -0.15) is 0 Å². The van der Waals surface area contributed by atoms with Crippen LogP contribution in [0.4, 0.5) is 0 Å². The first-order valence-corrected chi connectivity index (χ1v) is 2.67. The van der Waals surface area contributed by atoms with Gasteiger partial charge in [-0.1, -0.05) is 6.17 Å². The molecule has 0 unspecified atom stereocenters. The largest absolute Gasteiger partial charge is 0.549 e. The molecule has 0 saturated heterocycles. The number of rotatable bonds is 2. The van der Waals surface area contributed by atoms with Gasteiger partial charge in [0.15, 0.2) is 0 Å². The maximum absolute atomic E-state index is 4.75. The van der Waals surface area contributed by atoms with Crippen LogP contribution in [0.2, 0.25) is 0 Å². The second kappa shape index (κ2) is 3.89. The molecule has 0 aliphatic heterocycles. The zero-order valence-corrected chi connectivity index (χ0v) is 4.32. The summed E-state index contributed by atoms with van der Waals surface area (Å²) < 4.78 is 4.75. The third kappa shape index (κ3) is 3.89. The van der Waals surface area contributed by atoms with E-state index in [9.17, 15) is 0 Å². The van der Waals surface area contributed by atoms with Crippen LogP contribution in [0.5, 0.6) is 0 Å². The summed E-state index contributed by atoms with van der Waals surface area (Å²) in [6, 6.07) is 0. The van der Waals surface area contributed by atoms with E-state index in [1.165, 1.54) is 0 Å². The van der Waals surface area contributed by atoms with E-state index >= 15 is 0 Å². The fraction of sp³-hybridized carbons (Fsp3) is 0.667. The molecule has 0 aliphatic rings. The molecule has 0 heterocycles. The van der Waals surface area contributed by atoms with E-state index in [1.807, 2.05) is 6.92 Å². The Labute approximate surface area is 34.5 Å². The first-order chi connectivity index (χ1) is 2.41. The molecule has 5 heavy (non-hydrogen) atoms. The molecule has 0 spiro atoms. The van der Waals surface area contributed by atoms with Crippen molar-refractivity contribution < 1.29 is 4.43 Å². The van der Waals surface area contributed by atoms with E-state index in [4.69, 9.17) is 4.43 Å². The topological polar surface area (TPSA) is 9.23 Å². The molecule has 0 aromatic rings. The fourth-order valence-corrected chi connectivity index (χ4v) is 0.306. The lowest BCUT2D eigenvalue weighted by Crippen LogP contribution is -1.84. The normalized spacial score (nSPS) is 6.60. The van der Waals surface area contributed by atoms with Crippen LogP contribution in [-0.4, -0.2) is 22.2 Å². The Hall–Kier alpha value is -0.113. The summed E-state index contributed by atoms with van der Waals surface area (Å²) in [6.45, 7) is 2.75. The molecule has 0 saturated carbocycles. The highest BCUT2D eigenvalue weighted by Crippen LogP contribution is 1.53. The van der Waals surface area contributed by atoms with Gasteiger partial charge in [-0.05, 0) is 6.92 Å². The highest BCUT2D eigenvalue weighted by Gasteiger charge is 1.58. The van der Waals surface area contributed by atoms with Gasteiger partial charge < -0.3 is 4.43 Å². The van der Waals surface area contributed by atoms with Crippen molar-refractivity contribution in [2.75, 3.05) is 6.61 Å². The van der Waals surface area contributed by atoms with Crippen LogP contribution in [0.25, 0.3) is 0 Å². The van der Waals surface area contributed by atoms with Crippen LogP contribution in [0.3, 0.4) is 0 Å². The van der Waals surface area contributed by atoms with Crippen LogP contribution in [0, 0.1) is 0 Å². The SMILES string of the molecule is C=[Si]OCC. The molecule has 2 heteroatoms. The average Bonchev–Trinajstić information content (AvgIpc) is 1.41. The summed E-state index contributed by atoms with van der Waals surface area (Å²) in [6.07, 6.45) is 3.48. The van der Waals surface area contributed by atoms with Crippen molar-refractivity contribution in [3.05, 3.63) is 0 Å². The van der Waals surface area contributed by atoms with E-state index in [0.717, 1.165) is 6.61 Å². The molecule has 0 amide bonds.